The van der Waals surface area contributed by atoms with E-state index in [2.05, 4.69) is 184 Å². The largest absolute Gasteiger partial charge is 0.310 e. The summed E-state index contributed by atoms with van der Waals surface area (Å²) in [5.41, 5.74) is 18.4. The summed E-state index contributed by atoms with van der Waals surface area (Å²) < 4.78 is 0. The van der Waals surface area contributed by atoms with Gasteiger partial charge in [-0.1, -0.05) is 143 Å². The number of nitrogens with zero attached hydrogens (tertiary/aromatic N) is 1. The predicted molar refractivity (Wildman–Crippen MR) is 248 cm³/mol. The number of anilines is 3. The van der Waals surface area contributed by atoms with E-state index in [-0.39, 0.29) is 16.2 Å². The fourth-order valence-electron chi connectivity index (χ4n) is 13.6. The molecule has 292 valence electrons. The highest BCUT2D eigenvalue weighted by Crippen LogP contribution is 2.70. The molecule has 4 saturated carbocycles. The lowest BCUT2D eigenvalue weighted by atomic mass is 9.43. The summed E-state index contributed by atoms with van der Waals surface area (Å²) in [4.78, 5) is 2.59. The molecule has 0 N–H and O–H groups in total. The molecule has 0 amide bonds. The fraction of sp³-hybridized carbons (Fsp3) is 0.310. The van der Waals surface area contributed by atoms with Crippen LogP contribution in [0.25, 0.3) is 44.2 Å². The molecule has 1 heteroatoms. The molecule has 0 heterocycles. The van der Waals surface area contributed by atoms with E-state index in [4.69, 9.17) is 0 Å². The Morgan fingerprint density at radius 2 is 1.03 bits per heavy atom. The van der Waals surface area contributed by atoms with Crippen LogP contribution in [0.2, 0.25) is 0 Å². The Labute approximate surface area is 351 Å². The Balaban J connectivity index is 1.04. The second-order valence-electron chi connectivity index (χ2n) is 20.4. The zero-order valence-corrected chi connectivity index (χ0v) is 35.1. The second kappa shape index (κ2) is 12.8. The summed E-state index contributed by atoms with van der Waals surface area (Å²) in [6, 6.07) is 58.6. The normalized spacial score (nSPS) is 25.2. The van der Waals surface area contributed by atoms with Crippen LogP contribution in [-0.2, 0) is 16.2 Å². The molecular weight excluding hydrogens is 711 g/mol. The molecule has 4 bridgehead atoms. The minimum absolute atomic E-state index is 0.118. The third-order valence-corrected chi connectivity index (χ3v) is 16.3. The van der Waals surface area contributed by atoms with Crippen molar-refractivity contribution in [2.75, 3.05) is 4.90 Å². The third-order valence-electron chi connectivity index (χ3n) is 16.3. The molecular formula is C58H55N. The van der Waals surface area contributed by atoms with Crippen molar-refractivity contribution in [1.82, 2.24) is 0 Å². The maximum Gasteiger partial charge on any atom is 0.0543 e. The molecule has 6 aliphatic carbocycles. The van der Waals surface area contributed by atoms with Crippen molar-refractivity contribution in [3.63, 3.8) is 0 Å². The summed E-state index contributed by atoms with van der Waals surface area (Å²) in [6.07, 6.45) is 9.47. The van der Waals surface area contributed by atoms with Gasteiger partial charge in [0.2, 0.25) is 0 Å². The van der Waals surface area contributed by atoms with Gasteiger partial charge in [0.25, 0.3) is 0 Å². The van der Waals surface area contributed by atoms with E-state index >= 15 is 0 Å². The first-order valence-corrected chi connectivity index (χ1v) is 22.6. The quantitative estimate of drug-likeness (QED) is 0.169. The van der Waals surface area contributed by atoms with Crippen molar-refractivity contribution in [3.05, 3.63) is 174 Å². The summed E-state index contributed by atoms with van der Waals surface area (Å²) in [6.45, 7) is 9.73. The van der Waals surface area contributed by atoms with Crippen molar-refractivity contribution < 1.29 is 0 Å². The maximum atomic E-state index is 2.59. The van der Waals surface area contributed by atoms with Gasteiger partial charge in [0.05, 0.1) is 5.69 Å². The van der Waals surface area contributed by atoms with Gasteiger partial charge in [-0.25, -0.2) is 0 Å². The van der Waals surface area contributed by atoms with E-state index in [9.17, 15) is 0 Å². The lowest BCUT2D eigenvalue weighted by molar-refractivity contribution is -0.0399. The van der Waals surface area contributed by atoms with E-state index in [0.717, 1.165) is 23.7 Å². The van der Waals surface area contributed by atoms with Crippen LogP contribution in [0.5, 0.6) is 0 Å². The number of hydrogen-bond acceptors (Lipinski definition) is 1. The van der Waals surface area contributed by atoms with Gasteiger partial charge in [-0.3, -0.25) is 0 Å². The maximum absolute atomic E-state index is 2.59. The molecule has 0 atom stereocenters. The molecule has 7 aromatic rings. The third kappa shape index (κ3) is 5.29. The molecule has 6 aliphatic rings. The highest BCUT2D eigenvalue weighted by atomic mass is 15.1. The molecule has 0 saturated heterocycles. The van der Waals surface area contributed by atoms with E-state index in [1.807, 2.05) is 0 Å². The highest BCUT2D eigenvalue weighted by molar-refractivity contribution is 5.96. The summed E-state index contributed by atoms with van der Waals surface area (Å²) in [5, 5.41) is 2.55. The van der Waals surface area contributed by atoms with Gasteiger partial charge in [-0.15, -0.1) is 0 Å². The molecule has 0 unspecified atom stereocenters. The second-order valence-corrected chi connectivity index (χ2v) is 20.4. The monoisotopic (exact) mass is 765 g/mol. The van der Waals surface area contributed by atoms with Gasteiger partial charge in [0, 0.05) is 22.4 Å². The first-order chi connectivity index (χ1) is 28.7. The van der Waals surface area contributed by atoms with E-state index in [1.165, 1.54) is 117 Å². The molecule has 7 aromatic carbocycles. The van der Waals surface area contributed by atoms with Gasteiger partial charge < -0.3 is 4.90 Å². The Kier molecular flexibility index (Phi) is 7.71. The summed E-state index contributed by atoms with van der Waals surface area (Å²) >= 11 is 0. The van der Waals surface area contributed by atoms with Crippen molar-refractivity contribution in [1.29, 1.82) is 0 Å². The van der Waals surface area contributed by atoms with Gasteiger partial charge in [0.15, 0.2) is 0 Å². The van der Waals surface area contributed by atoms with Crippen LogP contribution < -0.4 is 4.90 Å². The van der Waals surface area contributed by atoms with Crippen LogP contribution in [0.4, 0.5) is 17.1 Å². The Bertz CT molecular complexity index is 2770. The number of rotatable bonds is 5. The Hall–Kier alpha value is -5.40. The van der Waals surface area contributed by atoms with Crippen molar-refractivity contribution in [3.8, 4) is 33.4 Å². The fourth-order valence-corrected chi connectivity index (χ4v) is 13.6. The lowest BCUT2D eigenvalue weighted by Crippen LogP contribution is -2.55. The van der Waals surface area contributed by atoms with E-state index in [1.54, 1.807) is 11.1 Å². The molecule has 4 fully saturated rings. The molecule has 1 spiro atoms. The van der Waals surface area contributed by atoms with Crippen LogP contribution in [0.3, 0.4) is 0 Å². The Morgan fingerprint density at radius 1 is 0.424 bits per heavy atom. The van der Waals surface area contributed by atoms with E-state index < -0.39 is 0 Å². The van der Waals surface area contributed by atoms with E-state index in [0.29, 0.717) is 0 Å². The minimum Gasteiger partial charge on any atom is -0.310 e. The lowest BCUT2D eigenvalue weighted by Gasteiger charge is -2.61. The first kappa shape index (κ1) is 35.5. The van der Waals surface area contributed by atoms with Crippen LogP contribution in [-0.4, -0.2) is 0 Å². The molecule has 1 nitrogen and oxygen atoms in total. The smallest absolute Gasteiger partial charge is 0.0543 e. The van der Waals surface area contributed by atoms with Gasteiger partial charge >= 0.3 is 0 Å². The average Bonchev–Trinajstić information content (AvgIpc) is 3.56. The van der Waals surface area contributed by atoms with Gasteiger partial charge in [0.1, 0.15) is 0 Å². The average molecular weight is 766 g/mol. The Morgan fingerprint density at radius 3 is 1.81 bits per heavy atom. The van der Waals surface area contributed by atoms with Crippen molar-refractivity contribution in [2.45, 2.75) is 88.9 Å². The van der Waals surface area contributed by atoms with Gasteiger partial charge in [-0.2, -0.15) is 0 Å². The summed E-state index contributed by atoms with van der Waals surface area (Å²) in [5.74, 6) is 3.30. The van der Waals surface area contributed by atoms with Crippen LogP contribution in [0.1, 0.15) is 94.9 Å². The van der Waals surface area contributed by atoms with Crippen LogP contribution >= 0.6 is 0 Å². The number of hydrogen-bond donors (Lipinski definition) is 0. The predicted octanol–water partition coefficient (Wildman–Crippen LogP) is 15.7. The SMILES string of the molecule is CC1(C)CCC(C)(C)c2cc(-c3cccc(N(c4ccc(-c5ccc6ccccc6c5)cc4)c4cccc5c4-c4ccccc4C54C5CC6CC(C5)CC4C6)c3)ccc21. The minimum atomic E-state index is 0.118. The zero-order chi connectivity index (χ0) is 39.7. The molecule has 0 aromatic heterocycles. The van der Waals surface area contributed by atoms with Gasteiger partial charge in [-0.05, 0) is 177 Å². The number of benzene rings is 7. The molecule has 0 aliphatic heterocycles. The topological polar surface area (TPSA) is 3.24 Å². The van der Waals surface area contributed by atoms with Crippen LogP contribution in [0.15, 0.2) is 152 Å². The van der Waals surface area contributed by atoms with Crippen molar-refractivity contribution >= 4 is 27.8 Å². The number of fused-ring (bicyclic) bond motifs is 5. The molecule has 59 heavy (non-hydrogen) atoms. The highest BCUT2D eigenvalue weighted by Gasteiger charge is 2.61. The summed E-state index contributed by atoms with van der Waals surface area (Å²) in [7, 11) is 0. The zero-order valence-electron chi connectivity index (χ0n) is 35.1. The first-order valence-electron chi connectivity index (χ1n) is 22.6. The molecule has 0 radical (unpaired) electrons. The van der Waals surface area contributed by atoms with Crippen LogP contribution in [0, 0.1) is 23.7 Å². The van der Waals surface area contributed by atoms with Crippen molar-refractivity contribution in [2.24, 2.45) is 23.7 Å². The standard InChI is InChI=1S/C58H55N/c1-56(2)27-28-57(3,4)53-36-44(23-26-51(53)56)42-13-9-14-48(35-42)59(47-24-21-40(22-25-47)43-20-19-39-11-5-6-12-41(39)34-43)54-18-10-17-52-55(54)49-15-7-8-16-50(49)58(52)45-30-37-29-38(32-45)33-46(58)31-37/h5-26,34-38,45-46H,27-33H2,1-4H3. The molecule has 13 rings (SSSR count).